The zero-order valence-corrected chi connectivity index (χ0v) is 16.8. The standard InChI is InChI=1S/C21H30N4O3/c1-3-16(2)22-21(28)23-11-9-18(10-12-23)25-14-13-24(19(26)20(25)27)15-17-7-5-4-6-8-17/h4-8,16,18H,3,9-15H2,1-2H3,(H,22,28). The van der Waals surface area contributed by atoms with Crippen LogP contribution >= 0.6 is 0 Å². The van der Waals surface area contributed by atoms with Gasteiger partial charge in [-0.3, -0.25) is 9.59 Å². The molecular formula is C21H30N4O3. The Bertz CT molecular complexity index is 701. The second-order valence-corrected chi connectivity index (χ2v) is 7.69. The third-order valence-corrected chi connectivity index (χ3v) is 5.73. The van der Waals surface area contributed by atoms with E-state index in [2.05, 4.69) is 5.32 Å². The summed E-state index contributed by atoms with van der Waals surface area (Å²) >= 11 is 0. The number of piperazine rings is 1. The maximum absolute atomic E-state index is 12.7. The number of carbonyl (C=O) groups excluding carboxylic acids is 3. The van der Waals surface area contributed by atoms with Crippen LogP contribution < -0.4 is 5.32 Å². The van der Waals surface area contributed by atoms with Crippen molar-refractivity contribution in [1.29, 1.82) is 0 Å². The van der Waals surface area contributed by atoms with Gasteiger partial charge < -0.3 is 20.0 Å². The Morgan fingerprint density at radius 2 is 1.75 bits per heavy atom. The Kier molecular flexibility index (Phi) is 6.54. The average molecular weight is 386 g/mol. The number of carbonyl (C=O) groups is 3. The summed E-state index contributed by atoms with van der Waals surface area (Å²) in [6.45, 7) is 6.82. The summed E-state index contributed by atoms with van der Waals surface area (Å²) in [5, 5.41) is 2.98. The molecule has 3 rings (SSSR count). The van der Waals surface area contributed by atoms with Crippen molar-refractivity contribution in [2.75, 3.05) is 26.2 Å². The SMILES string of the molecule is CCC(C)NC(=O)N1CCC(N2CCN(Cc3ccccc3)C(=O)C2=O)CC1. The summed E-state index contributed by atoms with van der Waals surface area (Å²) in [5.74, 6) is -0.836. The molecule has 152 valence electrons. The van der Waals surface area contributed by atoms with E-state index in [1.54, 1.807) is 14.7 Å². The summed E-state index contributed by atoms with van der Waals surface area (Å²) in [7, 11) is 0. The molecule has 7 heteroatoms. The van der Waals surface area contributed by atoms with Crippen molar-refractivity contribution in [1.82, 2.24) is 20.0 Å². The van der Waals surface area contributed by atoms with Gasteiger partial charge in [-0.05, 0) is 31.7 Å². The van der Waals surface area contributed by atoms with Crippen LogP contribution in [0.1, 0.15) is 38.7 Å². The lowest BCUT2D eigenvalue weighted by Gasteiger charge is -2.42. The zero-order chi connectivity index (χ0) is 20.1. The molecule has 0 saturated carbocycles. The second kappa shape index (κ2) is 9.08. The fraction of sp³-hybridized carbons (Fsp3) is 0.571. The number of piperidine rings is 1. The van der Waals surface area contributed by atoms with E-state index in [1.807, 2.05) is 44.2 Å². The molecule has 2 fully saturated rings. The molecule has 1 N–H and O–H groups in total. The van der Waals surface area contributed by atoms with E-state index in [0.717, 1.165) is 12.0 Å². The van der Waals surface area contributed by atoms with Gasteiger partial charge >= 0.3 is 17.8 Å². The summed E-state index contributed by atoms with van der Waals surface area (Å²) in [6.07, 6.45) is 2.32. The predicted molar refractivity (Wildman–Crippen MR) is 106 cm³/mol. The quantitative estimate of drug-likeness (QED) is 0.785. The van der Waals surface area contributed by atoms with Gasteiger partial charge in [0.25, 0.3) is 0 Å². The van der Waals surface area contributed by atoms with Gasteiger partial charge in [0, 0.05) is 44.8 Å². The minimum Gasteiger partial charge on any atom is -0.336 e. The van der Waals surface area contributed by atoms with Gasteiger partial charge in [0.1, 0.15) is 0 Å². The van der Waals surface area contributed by atoms with E-state index >= 15 is 0 Å². The molecule has 0 radical (unpaired) electrons. The maximum Gasteiger partial charge on any atom is 0.317 e. The first-order chi connectivity index (χ1) is 13.5. The van der Waals surface area contributed by atoms with Gasteiger partial charge in [0.2, 0.25) is 0 Å². The van der Waals surface area contributed by atoms with E-state index in [4.69, 9.17) is 0 Å². The van der Waals surface area contributed by atoms with Gasteiger partial charge in [0.15, 0.2) is 0 Å². The molecule has 2 aliphatic heterocycles. The molecule has 1 unspecified atom stereocenters. The van der Waals surface area contributed by atoms with Crippen LogP contribution in [0.2, 0.25) is 0 Å². The number of nitrogens with one attached hydrogen (secondary N) is 1. The van der Waals surface area contributed by atoms with Gasteiger partial charge in [-0.25, -0.2) is 4.79 Å². The van der Waals surface area contributed by atoms with Crippen molar-refractivity contribution in [2.24, 2.45) is 0 Å². The number of hydrogen-bond donors (Lipinski definition) is 1. The number of nitrogens with zero attached hydrogens (tertiary/aromatic N) is 3. The Hall–Kier alpha value is -2.57. The molecule has 2 heterocycles. The van der Waals surface area contributed by atoms with Crippen LogP contribution in [0.4, 0.5) is 4.79 Å². The van der Waals surface area contributed by atoms with Gasteiger partial charge in [0.05, 0.1) is 0 Å². The number of likely N-dealkylation sites (tertiary alicyclic amines) is 1. The van der Waals surface area contributed by atoms with Gasteiger partial charge in [-0.1, -0.05) is 37.3 Å². The summed E-state index contributed by atoms with van der Waals surface area (Å²) in [4.78, 5) is 42.6. The van der Waals surface area contributed by atoms with Crippen molar-refractivity contribution >= 4 is 17.8 Å². The molecular weight excluding hydrogens is 356 g/mol. The number of rotatable bonds is 5. The first-order valence-corrected chi connectivity index (χ1v) is 10.2. The first-order valence-electron chi connectivity index (χ1n) is 10.2. The Morgan fingerprint density at radius 3 is 2.39 bits per heavy atom. The molecule has 4 amide bonds. The largest absolute Gasteiger partial charge is 0.336 e. The van der Waals surface area contributed by atoms with E-state index in [1.165, 1.54) is 0 Å². The minimum atomic E-state index is -0.424. The molecule has 2 saturated heterocycles. The molecule has 1 aromatic carbocycles. The Balaban J connectivity index is 1.52. The van der Waals surface area contributed by atoms with Crippen LogP contribution in [-0.4, -0.2) is 70.8 Å². The average Bonchev–Trinajstić information content (AvgIpc) is 2.72. The van der Waals surface area contributed by atoms with Crippen molar-refractivity contribution in [3.05, 3.63) is 35.9 Å². The number of benzene rings is 1. The molecule has 0 spiro atoms. The van der Waals surface area contributed by atoms with Crippen LogP contribution in [0.3, 0.4) is 0 Å². The van der Waals surface area contributed by atoms with E-state index in [9.17, 15) is 14.4 Å². The first kappa shape index (κ1) is 20.2. The lowest BCUT2D eigenvalue weighted by molar-refractivity contribution is -0.158. The van der Waals surface area contributed by atoms with Gasteiger partial charge in [-0.15, -0.1) is 0 Å². The summed E-state index contributed by atoms with van der Waals surface area (Å²) in [6, 6.07) is 9.87. The Morgan fingerprint density at radius 1 is 1.07 bits per heavy atom. The highest BCUT2D eigenvalue weighted by molar-refractivity contribution is 6.35. The van der Waals surface area contributed by atoms with Crippen molar-refractivity contribution < 1.29 is 14.4 Å². The molecule has 7 nitrogen and oxygen atoms in total. The van der Waals surface area contributed by atoms with E-state index in [0.29, 0.717) is 45.6 Å². The summed E-state index contributed by atoms with van der Waals surface area (Å²) < 4.78 is 0. The Labute approximate surface area is 166 Å². The van der Waals surface area contributed by atoms with E-state index in [-0.39, 0.29) is 18.1 Å². The second-order valence-electron chi connectivity index (χ2n) is 7.69. The van der Waals surface area contributed by atoms with Crippen molar-refractivity contribution in [3.63, 3.8) is 0 Å². The number of urea groups is 1. The predicted octanol–water partition coefficient (Wildman–Crippen LogP) is 1.83. The molecule has 28 heavy (non-hydrogen) atoms. The molecule has 0 aliphatic carbocycles. The fourth-order valence-electron chi connectivity index (χ4n) is 3.78. The van der Waals surface area contributed by atoms with Gasteiger partial charge in [-0.2, -0.15) is 0 Å². The highest BCUT2D eigenvalue weighted by Gasteiger charge is 2.38. The normalized spacial score (nSPS) is 19.7. The minimum absolute atomic E-state index is 0.0305. The van der Waals surface area contributed by atoms with Crippen molar-refractivity contribution in [3.8, 4) is 0 Å². The topological polar surface area (TPSA) is 73.0 Å². The van der Waals surface area contributed by atoms with Crippen LogP contribution in [0, 0.1) is 0 Å². The van der Waals surface area contributed by atoms with Crippen LogP contribution in [0.25, 0.3) is 0 Å². The smallest absolute Gasteiger partial charge is 0.317 e. The number of amides is 4. The maximum atomic E-state index is 12.7. The lowest BCUT2D eigenvalue weighted by Crippen LogP contribution is -2.59. The fourth-order valence-corrected chi connectivity index (χ4v) is 3.78. The molecule has 2 aliphatic rings. The molecule has 0 bridgehead atoms. The van der Waals surface area contributed by atoms with Crippen LogP contribution in [0.5, 0.6) is 0 Å². The van der Waals surface area contributed by atoms with Crippen molar-refractivity contribution in [2.45, 2.75) is 51.7 Å². The lowest BCUT2D eigenvalue weighted by atomic mass is 10.0. The third-order valence-electron chi connectivity index (χ3n) is 5.73. The van der Waals surface area contributed by atoms with E-state index < -0.39 is 11.8 Å². The highest BCUT2D eigenvalue weighted by atomic mass is 16.2. The van der Waals surface area contributed by atoms with Crippen LogP contribution in [-0.2, 0) is 16.1 Å². The monoisotopic (exact) mass is 386 g/mol. The van der Waals surface area contributed by atoms with Crippen LogP contribution in [0.15, 0.2) is 30.3 Å². The summed E-state index contributed by atoms with van der Waals surface area (Å²) in [5.41, 5.74) is 1.03. The molecule has 1 aromatic rings. The highest BCUT2D eigenvalue weighted by Crippen LogP contribution is 2.20. The molecule has 1 atom stereocenters. The third kappa shape index (κ3) is 4.64. The zero-order valence-electron chi connectivity index (χ0n) is 16.8. The molecule has 0 aromatic heterocycles. The number of hydrogen-bond acceptors (Lipinski definition) is 3.